The fourth-order valence-electron chi connectivity index (χ4n) is 2.98. The average molecular weight is 577 g/mol. The number of hydrogen-bond donors (Lipinski definition) is 1. The van der Waals surface area contributed by atoms with Crippen LogP contribution in [0.2, 0.25) is 0 Å². The smallest absolute Gasteiger partial charge is 0.219 e. The van der Waals surface area contributed by atoms with E-state index >= 15 is 0 Å². The molecule has 0 spiro atoms. The normalized spacial score (nSPS) is 10.7. The van der Waals surface area contributed by atoms with Gasteiger partial charge in [-0.1, -0.05) is 13.5 Å². The molecule has 0 atom stereocenters. The van der Waals surface area contributed by atoms with E-state index in [0.717, 1.165) is 47.7 Å². The van der Waals surface area contributed by atoms with Gasteiger partial charge in [-0.3, -0.25) is 19.4 Å². The Hall–Kier alpha value is -3.11. The van der Waals surface area contributed by atoms with Crippen molar-refractivity contribution in [3.63, 3.8) is 0 Å². The average Bonchev–Trinajstić information content (AvgIpc) is 2.87. The van der Waals surface area contributed by atoms with Crippen LogP contribution in [0.25, 0.3) is 17.2 Å². The minimum atomic E-state index is -0.513. The van der Waals surface area contributed by atoms with Crippen LogP contribution in [0.1, 0.15) is 36.5 Å². The summed E-state index contributed by atoms with van der Waals surface area (Å²) < 4.78 is 15.1. The topological polar surface area (TPSA) is 93.2 Å². The predicted molar refractivity (Wildman–Crippen MR) is 154 cm³/mol. The third kappa shape index (κ3) is 10.4. The first kappa shape index (κ1) is 31.9. The van der Waals surface area contributed by atoms with Crippen molar-refractivity contribution < 1.29 is 9.18 Å². The summed E-state index contributed by atoms with van der Waals surface area (Å²) >= 11 is 3.46. The number of carbonyl (C=O) groups excluding carboxylic acids is 1. The van der Waals surface area contributed by atoms with Crippen LogP contribution in [0.4, 0.5) is 10.2 Å². The molecule has 202 valence electrons. The SMILES string of the molecule is C=C(F)/C=C\c1ncc(-c2cnn(C)c(N)c(Br)c(C)nc2C)cc1C.CCN(C)CCN(C)C(C)=O. The molecular formula is C27H39BrFN7O. The van der Waals surface area contributed by atoms with E-state index in [1.54, 1.807) is 42.0 Å². The molecule has 2 rings (SSSR count). The van der Waals surface area contributed by atoms with Crippen LogP contribution in [0, 0.1) is 20.8 Å². The molecule has 2 N–H and O–H groups in total. The quantitative estimate of drug-likeness (QED) is 0.457. The lowest BCUT2D eigenvalue weighted by atomic mass is 10.1. The first-order chi connectivity index (χ1) is 17.3. The van der Waals surface area contributed by atoms with E-state index in [1.165, 1.54) is 6.08 Å². The number of likely N-dealkylation sites (N-methyl/N-ethyl adjacent to an activating group) is 2. The molecule has 2 heterocycles. The fraction of sp³-hybridized carbons (Fsp3) is 0.407. The summed E-state index contributed by atoms with van der Waals surface area (Å²) in [6.45, 7) is 15.4. The molecule has 37 heavy (non-hydrogen) atoms. The Kier molecular flexibility index (Phi) is 13.1. The molecule has 0 aliphatic carbocycles. The maximum Gasteiger partial charge on any atom is 0.219 e. The number of nitrogen functional groups attached to an aromatic ring is 1. The highest BCUT2D eigenvalue weighted by atomic mass is 79.9. The van der Waals surface area contributed by atoms with Gasteiger partial charge < -0.3 is 15.5 Å². The third-order valence-corrected chi connectivity index (χ3v) is 6.70. The summed E-state index contributed by atoms with van der Waals surface area (Å²) in [6, 6.07) is 1.97. The molecule has 0 aliphatic heterocycles. The lowest BCUT2D eigenvalue weighted by Gasteiger charge is -2.19. The Bertz CT molecular complexity index is 1190. The number of amides is 1. The van der Waals surface area contributed by atoms with Crippen LogP contribution >= 0.6 is 15.9 Å². The first-order valence-electron chi connectivity index (χ1n) is 11.9. The van der Waals surface area contributed by atoms with Gasteiger partial charge in [0, 0.05) is 57.1 Å². The number of pyridine rings is 1. The van der Waals surface area contributed by atoms with E-state index in [9.17, 15) is 9.18 Å². The molecule has 2 aromatic heterocycles. The zero-order chi connectivity index (χ0) is 28.3. The zero-order valence-corrected chi connectivity index (χ0v) is 24.7. The molecule has 0 saturated carbocycles. The third-order valence-electron chi connectivity index (χ3n) is 5.72. The highest BCUT2D eigenvalue weighted by molar-refractivity contribution is 9.10. The maximum atomic E-state index is 12.8. The van der Waals surface area contributed by atoms with Crippen LogP contribution in [0.5, 0.6) is 0 Å². The Morgan fingerprint density at radius 1 is 1.22 bits per heavy atom. The number of allylic oxidation sites excluding steroid dienone is 2. The summed E-state index contributed by atoms with van der Waals surface area (Å²) in [5.74, 6) is 0.0908. The van der Waals surface area contributed by atoms with Crippen LogP contribution < -0.4 is 5.73 Å². The summed E-state index contributed by atoms with van der Waals surface area (Å²) in [5, 5.41) is 4.39. The van der Waals surface area contributed by atoms with Crippen molar-refractivity contribution in [2.75, 3.05) is 39.5 Å². The Morgan fingerprint density at radius 3 is 2.41 bits per heavy atom. The second-order valence-electron chi connectivity index (χ2n) is 8.71. The molecule has 0 bridgehead atoms. The highest BCUT2D eigenvalue weighted by Crippen LogP contribution is 2.24. The van der Waals surface area contributed by atoms with Gasteiger partial charge in [0.15, 0.2) is 0 Å². The maximum absolute atomic E-state index is 12.8. The molecule has 10 heteroatoms. The largest absolute Gasteiger partial charge is 0.383 e. The second kappa shape index (κ2) is 15.2. The Labute approximate surface area is 228 Å². The van der Waals surface area contributed by atoms with Crippen LogP contribution in [0.3, 0.4) is 0 Å². The van der Waals surface area contributed by atoms with Gasteiger partial charge in [-0.05, 0) is 74.1 Å². The van der Waals surface area contributed by atoms with Crippen molar-refractivity contribution in [1.82, 2.24) is 29.5 Å². The number of carbonyl (C=O) groups is 1. The van der Waals surface area contributed by atoms with Gasteiger partial charge in [0.2, 0.25) is 5.91 Å². The molecule has 2 aromatic rings. The van der Waals surface area contributed by atoms with Gasteiger partial charge in [0.1, 0.15) is 11.6 Å². The van der Waals surface area contributed by atoms with Crippen molar-refractivity contribution in [1.29, 1.82) is 0 Å². The van der Waals surface area contributed by atoms with Crippen LogP contribution in [-0.2, 0) is 11.8 Å². The molecule has 0 radical (unpaired) electrons. The van der Waals surface area contributed by atoms with Crippen LogP contribution in [0.15, 0.2) is 41.4 Å². The number of halogens is 2. The number of aryl methyl sites for hydroxylation is 4. The van der Waals surface area contributed by atoms with E-state index in [2.05, 4.69) is 49.4 Å². The summed E-state index contributed by atoms with van der Waals surface area (Å²) in [7, 11) is 5.64. The molecule has 0 fully saturated rings. The number of anilines is 1. The zero-order valence-electron chi connectivity index (χ0n) is 23.1. The van der Waals surface area contributed by atoms with Gasteiger partial charge in [0.05, 0.1) is 22.1 Å². The van der Waals surface area contributed by atoms with Gasteiger partial charge in [-0.2, -0.15) is 5.10 Å². The lowest BCUT2D eigenvalue weighted by Crippen LogP contribution is -2.33. The first-order valence-corrected chi connectivity index (χ1v) is 12.7. The monoisotopic (exact) mass is 575 g/mol. The van der Waals surface area contributed by atoms with Gasteiger partial charge in [-0.15, -0.1) is 0 Å². The highest BCUT2D eigenvalue weighted by Gasteiger charge is 2.08. The van der Waals surface area contributed by atoms with Crippen LogP contribution in [-0.4, -0.2) is 69.2 Å². The Morgan fingerprint density at radius 2 is 1.86 bits per heavy atom. The number of aromatic nitrogens is 4. The molecule has 0 aliphatic rings. The van der Waals surface area contributed by atoms with Crippen molar-refractivity contribution in [2.24, 2.45) is 7.05 Å². The van der Waals surface area contributed by atoms with E-state index < -0.39 is 5.83 Å². The van der Waals surface area contributed by atoms with Crippen molar-refractivity contribution >= 4 is 33.7 Å². The number of nitrogens with two attached hydrogens (primary N) is 1. The fourth-order valence-corrected chi connectivity index (χ4v) is 3.33. The predicted octanol–water partition coefficient (Wildman–Crippen LogP) is 5.18. The van der Waals surface area contributed by atoms with Gasteiger partial charge in [0.25, 0.3) is 0 Å². The minimum Gasteiger partial charge on any atom is -0.383 e. The van der Waals surface area contributed by atoms with Crippen molar-refractivity contribution in [3.05, 3.63) is 64.1 Å². The van der Waals surface area contributed by atoms with Gasteiger partial charge in [-0.25, -0.2) is 4.39 Å². The summed E-state index contributed by atoms with van der Waals surface area (Å²) in [4.78, 5) is 23.7. The van der Waals surface area contributed by atoms with Gasteiger partial charge >= 0.3 is 0 Å². The van der Waals surface area contributed by atoms with Crippen molar-refractivity contribution in [2.45, 2.75) is 34.6 Å². The second-order valence-corrected chi connectivity index (χ2v) is 9.50. The molecule has 8 nitrogen and oxygen atoms in total. The summed E-state index contributed by atoms with van der Waals surface area (Å²) in [6.07, 6.45) is 6.31. The number of rotatable bonds is 7. The van der Waals surface area contributed by atoms with E-state index in [4.69, 9.17) is 5.73 Å². The standard InChI is InChI=1S/C19H21BrFN5.C8H18N2O/c1-11-8-15(9-23-17(11)7-6-12(2)21)16-10-24-26(5)19(22)18(20)14(4)25-13(16)3;1-5-9(3)6-7-10(4)8(2)11/h6-10H,2,22H2,1,3-5H3;5-7H2,1-4H3/b7-6-,16-13?,19-18?,24-10?,25-14?;. The van der Waals surface area contributed by atoms with E-state index in [0.29, 0.717) is 16.0 Å². The molecule has 0 saturated heterocycles. The number of hydrogen-bond acceptors (Lipinski definition) is 6. The Balaban J connectivity index is 0.000000525. The van der Waals surface area contributed by atoms with Crippen molar-refractivity contribution in [3.8, 4) is 11.1 Å². The molecule has 0 aromatic carbocycles. The summed E-state index contributed by atoms with van der Waals surface area (Å²) in [5.41, 5.74) is 10.9. The minimum absolute atomic E-state index is 0.134. The number of nitrogens with zero attached hydrogens (tertiary/aromatic N) is 6. The lowest BCUT2D eigenvalue weighted by molar-refractivity contribution is -0.127. The molecule has 0 unspecified atom stereocenters. The molecular weight excluding hydrogens is 537 g/mol. The molecule has 1 amide bonds. The van der Waals surface area contributed by atoms with E-state index in [1.807, 2.05) is 40.9 Å². The van der Waals surface area contributed by atoms with E-state index in [-0.39, 0.29) is 5.91 Å².